The maximum Gasteiger partial charge on any atom is 0.255 e. The first-order chi connectivity index (χ1) is 17.0. The second-order valence-electron chi connectivity index (χ2n) is 8.66. The van der Waals surface area contributed by atoms with Gasteiger partial charge in [0.25, 0.3) is 5.91 Å². The van der Waals surface area contributed by atoms with Crippen molar-refractivity contribution in [2.45, 2.75) is 36.9 Å². The normalized spacial score (nSPS) is 20.7. The standard InChI is InChI=1S/C25H27ClN4O4S/c1-14-9-19(22(25(31)29-14)23-24(35)21-17(26)3-2-4-18(21)30-23)28-10-15-5-6-27-11-20(15)34-13-16-12-32-7-8-33-16/h2-6,11,14,16,28,30,35H,7-10,12-13H2,1H3,(H,29,31)/t14?,16-/m0/s1. The summed E-state index contributed by atoms with van der Waals surface area (Å²) >= 11 is 11.1. The first kappa shape index (κ1) is 24.0. The molecular formula is C25H27ClN4O4S. The predicted molar refractivity (Wildman–Crippen MR) is 137 cm³/mol. The van der Waals surface area contributed by atoms with Crippen molar-refractivity contribution in [2.24, 2.45) is 0 Å². The van der Waals surface area contributed by atoms with Crippen LogP contribution < -0.4 is 15.4 Å². The van der Waals surface area contributed by atoms with E-state index in [2.05, 4.69) is 20.6 Å². The van der Waals surface area contributed by atoms with E-state index in [1.807, 2.05) is 31.2 Å². The molecule has 1 amide bonds. The van der Waals surface area contributed by atoms with Crippen molar-refractivity contribution in [3.8, 4) is 5.75 Å². The molecule has 0 spiro atoms. The lowest BCUT2D eigenvalue weighted by Gasteiger charge is -2.27. The summed E-state index contributed by atoms with van der Waals surface area (Å²) in [4.78, 5) is 21.3. The van der Waals surface area contributed by atoms with E-state index in [1.165, 1.54) is 0 Å². The number of halogens is 1. The van der Waals surface area contributed by atoms with Gasteiger partial charge in [-0.25, -0.2) is 0 Å². The molecule has 5 rings (SSSR count). The Kier molecular flexibility index (Phi) is 7.19. The zero-order valence-electron chi connectivity index (χ0n) is 19.3. The van der Waals surface area contributed by atoms with Crippen LogP contribution in [0, 0.1) is 0 Å². The number of nitrogens with zero attached hydrogens (tertiary/aromatic N) is 1. The van der Waals surface area contributed by atoms with Gasteiger partial charge >= 0.3 is 0 Å². The molecule has 1 saturated heterocycles. The zero-order valence-corrected chi connectivity index (χ0v) is 20.9. The molecule has 0 radical (unpaired) electrons. The van der Waals surface area contributed by atoms with E-state index < -0.39 is 0 Å². The number of hydrogen-bond acceptors (Lipinski definition) is 7. The Balaban J connectivity index is 1.41. The summed E-state index contributed by atoms with van der Waals surface area (Å²) in [6.45, 7) is 4.51. The van der Waals surface area contributed by atoms with Crippen LogP contribution in [0.5, 0.6) is 5.75 Å². The van der Waals surface area contributed by atoms with Crippen molar-refractivity contribution in [1.29, 1.82) is 0 Å². The Labute approximate surface area is 213 Å². The van der Waals surface area contributed by atoms with Gasteiger partial charge in [-0.05, 0) is 25.1 Å². The summed E-state index contributed by atoms with van der Waals surface area (Å²) in [6, 6.07) is 7.49. The van der Waals surface area contributed by atoms with Crippen LogP contribution in [-0.4, -0.2) is 54.4 Å². The van der Waals surface area contributed by atoms with Crippen molar-refractivity contribution < 1.29 is 19.0 Å². The fourth-order valence-electron chi connectivity index (χ4n) is 4.39. The van der Waals surface area contributed by atoms with Gasteiger partial charge in [0.15, 0.2) is 0 Å². The highest BCUT2D eigenvalue weighted by Crippen LogP contribution is 2.37. The van der Waals surface area contributed by atoms with E-state index in [0.29, 0.717) is 66.3 Å². The van der Waals surface area contributed by atoms with Gasteiger partial charge in [0.05, 0.1) is 42.3 Å². The number of H-pyrrole nitrogens is 1. The molecule has 2 aliphatic rings. The molecule has 2 atom stereocenters. The largest absolute Gasteiger partial charge is 0.489 e. The third-order valence-electron chi connectivity index (χ3n) is 6.09. The van der Waals surface area contributed by atoms with Gasteiger partial charge < -0.3 is 29.8 Å². The molecule has 0 aliphatic carbocycles. The minimum absolute atomic E-state index is 0.0123. The van der Waals surface area contributed by atoms with Crippen molar-refractivity contribution in [2.75, 3.05) is 26.4 Å². The number of hydrogen-bond donors (Lipinski definition) is 4. The molecule has 1 unspecified atom stereocenters. The summed E-state index contributed by atoms with van der Waals surface area (Å²) in [6.07, 6.45) is 3.95. The topological polar surface area (TPSA) is 97.5 Å². The van der Waals surface area contributed by atoms with Gasteiger partial charge in [-0.1, -0.05) is 17.7 Å². The number of aromatic nitrogens is 2. The Morgan fingerprint density at radius 3 is 3.00 bits per heavy atom. The highest BCUT2D eigenvalue weighted by molar-refractivity contribution is 7.80. The lowest BCUT2D eigenvalue weighted by Crippen LogP contribution is -2.40. The van der Waals surface area contributed by atoms with Crippen LogP contribution in [0.4, 0.5) is 0 Å². The highest BCUT2D eigenvalue weighted by Gasteiger charge is 2.29. The highest BCUT2D eigenvalue weighted by atomic mass is 35.5. The molecule has 184 valence electrons. The minimum Gasteiger partial charge on any atom is -0.489 e. The molecule has 8 nitrogen and oxygen atoms in total. The third-order valence-corrected chi connectivity index (χ3v) is 6.85. The SMILES string of the molecule is CC1CC(NCc2ccncc2OC[C@@H]2COCCO2)=C(c2[nH]c3cccc(Cl)c3c2S)C(=O)N1. The Morgan fingerprint density at radius 1 is 1.31 bits per heavy atom. The molecule has 1 fully saturated rings. The Hall–Kier alpha value is -2.72. The molecule has 2 aliphatic heterocycles. The van der Waals surface area contributed by atoms with Crippen molar-refractivity contribution in [3.63, 3.8) is 0 Å². The van der Waals surface area contributed by atoms with Crippen LogP contribution in [0.1, 0.15) is 24.6 Å². The lowest BCUT2D eigenvalue weighted by atomic mass is 9.98. The quantitative estimate of drug-likeness (QED) is 0.359. The van der Waals surface area contributed by atoms with Crippen LogP contribution in [0.25, 0.3) is 16.5 Å². The smallest absolute Gasteiger partial charge is 0.255 e. The summed E-state index contributed by atoms with van der Waals surface area (Å²) < 4.78 is 17.1. The van der Waals surface area contributed by atoms with E-state index in [4.69, 9.17) is 38.4 Å². The van der Waals surface area contributed by atoms with Gasteiger partial charge in [-0.3, -0.25) is 9.78 Å². The van der Waals surface area contributed by atoms with Crippen LogP contribution in [0.2, 0.25) is 5.02 Å². The summed E-state index contributed by atoms with van der Waals surface area (Å²) in [5.74, 6) is 0.502. The number of thiol groups is 1. The van der Waals surface area contributed by atoms with Gasteiger partial charge in [-0.15, -0.1) is 12.6 Å². The van der Waals surface area contributed by atoms with Crippen molar-refractivity contribution >= 4 is 46.6 Å². The molecule has 3 aromatic rings. The van der Waals surface area contributed by atoms with Crippen LogP contribution in [0.15, 0.2) is 47.3 Å². The zero-order chi connectivity index (χ0) is 24.4. The number of aromatic amines is 1. The molecule has 1 aromatic carbocycles. The monoisotopic (exact) mass is 514 g/mol. The fraction of sp³-hybridized carbons (Fsp3) is 0.360. The van der Waals surface area contributed by atoms with Gasteiger partial charge in [0.2, 0.25) is 0 Å². The van der Waals surface area contributed by atoms with Crippen LogP contribution in [-0.2, 0) is 20.8 Å². The van der Waals surface area contributed by atoms with Gasteiger partial charge in [0.1, 0.15) is 18.5 Å². The minimum atomic E-state index is -0.162. The number of carbonyl (C=O) groups excluding carboxylic acids is 1. The maximum atomic E-state index is 13.1. The number of amides is 1. The number of pyridine rings is 1. The number of fused-ring (bicyclic) bond motifs is 1. The predicted octanol–water partition coefficient (Wildman–Crippen LogP) is 3.71. The lowest BCUT2D eigenvalue weighted by molar-refractivity contribution is -0.116. The molecule has 3 N–H and O–H groups in total. The van der Waals surface area contributed by atoms with Gasteiger partial charge in [0, 0.05) is 52.3 Å². The van der Waals surface area contributed by atoms with Crippen molar-refractivity contribution in [3.05, 3.63) is 58.6 Å². The number of carbonyl (C=O) groups is 1. The number of ether oxygens (including phenoxy) is 3. The fourth-order valence-corrected chi connectivity index (χ4v) is 5.13. The molecule has 10 heteroatoms. The average Bonchev–Trinajstić information content (AvgIpc) is 3.19. The maximum absolute atomic E-state index is 13.1. The first-order valence-electron chi connectivity index (χ1n) is 11.5. The molecule has 0 bridgehead atoms. The number of nitrogens with one attached hydrogen (secondary N) is 3. The molecule has 0 saturated carbocycles. The average molecular weight is 515 g/mol. The second-order valence-corrected chi connectivity index (χ2v) is 9.51. The van der Waals surface area contributed by atoms with Crippen LogP contribution >= 0.6 is 24.2 Å². The van der Waals surface area contributed by atoms with Crippen molar-refractivity contribution in [1.82, 2.24) is 20.6 Å². The Bertz CT molecular complexity index is 1270. The second kappa shape index (κ2) is 10.5. The number of rotatable bonds is 7. The van der Waals surface area contributed by atoms with Gasteiger partial charge in [-0.2, -0.15) is 0 Å². The first-order valence-corrected chi connectivity index (χ1v) is 12.4. The molecule has 4 heterocycles. The third kappa shape index (κ3) is 5.13. The van der Waals surface area contributed by atoms with E-state index in [9.17, 15) is 4.79 Å². The molecule has 35 heavy (non-hydrogen) atoms. The molecule has 2 aromatic heterocycles. The summed E-state index contributed by atoms with van der Waals surface area (Å²) in [7, 11) is 0. The van der Waals surface area contributed by atoms with E-state index >= 15 is 0 Å². The molecular weight excluding hydrogens is 488 g/mol. The Morgan fingerprint density at radius 2 is 2.20 bits per heavy atom. The van der Waals surface area contributed by atoms with E-state index in [1.54, 1.807) is 12.4 Å². The summed E-state index contributed by atoms with van der Waals surface area (Å²) in [5.41, 5.74) is 3.75. The van der Waals surface area contributed by atoms with E-state index in [0.717, 1.165) is 22.2 Å². The summed E-state index contributed by atoms with van der Waals surface area (Å²) in [5, 5.41) is 7.89. The van der Waals surface area contributed by atoms with Crippen LogP contribution in [0.3, 0.4) is 0 Å². The number of benzene rings is 1. The van der Waals surface area contributed by atoms with E-state index in [-0.39, 0.29) is 18.1 Å².